The molecule has 0 saturated heterocycles. The summed E-state index contributed by atoms with van der Waals surface area (Å²) in [4.78, 5) is 11.9. The summed E-state index contributed by atoms with van der Waals surface area (Å²) in [6.07, 6.45) is 1.78. The largest absolute Gasteiger partial charge is 0.468 e. The van der Waals surface area contributed by atoms with Gasteiger partial charge in [0.25, 0.3) is 0 Å². The maximum Gasteiger partial charge on any atom is 0.316 e. The number of benzene rings is 2. The summed E-state index contributed by atoms with van der Waals surface area (Å²) in [7, 11) is 3.54. The first-order valence-electron chi connectivity index (χ1n) is 6.92. The average Bonchev–Trinajstić information content (AvgIpc) is 3.29. The van der Waals surface area contributed by atoms with Crippen molar-refractivity contribution in [3.05, 3.63) is 54.1 Å². The van der Waals surface area contributed by atoms with E-state index in [1.165, 1.54) is 23.7 Å². The molecule has 0 heterocycles. The highest BCUT2D eigenvalue weighted by Gasteiger charge is 2.52. The number of rotatable bonds is 3. The Balaban J connectivity index is 1.89. The topological polar surface area (TPSA) is 26.3 Å². The Bertz CT molecular complexity index is 625. The van der Waals surface area contributed by atoms with Gasteiger partial charge in [0.2, 0.25) is 0 Å². The Morgan fingerprint density at radius 2 is 1.50 bits per heavy atom. The number of ether oxygens (including phenoxy) is 1. The standard InChI is InChI=1S/C17H17BO2/c1-20-16(19)17(10-11-17)14-6-2-12(3-7-14)13-4-8-15(18)9-5-13/h2-9H,10-11,18H2,1H3. The highest BCUT2D eigenvalue weighted by Crippen LogP contribution is 2.49. The molecule has 100 valence electrons. The van der Waals surface area contributed by atoms with E-state index in [4.69, 9.17) is 4.74 Å². The molecule has 0 spiro atoms. The van der Waals surface area contributed by atoms with Crippen molar-refractivity contribution < 1.29 is 9.53 Å². The predicted molar refractivity (Wildman–Crippen MR) is 83.0 cm³/mol. The molecule has 0 bridgehead atoms. The van der Waals surface area contributed by atoms with E-state index in [0.29, 0.717) is 0 Å². The van der Waals surface area contributed by atoms with E-state index in [1.54, 1.807) is 0 Å². The molecule has 1 aliphatic rings. The molecule has 0 radical (unpaired) electrons. The highest BCUT2D eigenvalue weighted by atomic mass is 16.5. The lowest BCUT2D eigenvalue weighted by atomic mass is 9.91. The molecule has 0 aliphatic heterocycles. The van der Waals surface area contributed by atoms with E-state index in [9.17, 15) is 4.79 Å². The Hall–Kier alpha value is -2.03. The van der Waals surface area contributed by atoms with Gasteiger partial charge < -0.3 is 4.74 Å². The number of carbonyl (C=O) groups excluding carboxylic acids is 1. The van der Waals surface area contributed by atoms with Crippen molar-refractivity contribution in [2.24, 2.45) is 0 Å². The second-order valence-electron chi connectivity index (χ2n) is 5.52. The zero-order valence-corrected chi connectivity index (χ0v) is 11.8. The van der Waals surface area contributed by atoms with E-state index in [1.807, 2.05) is 0 Å². The third kappa shape index (κ3) is 2.13. The smallest absolute Gasteiger partial charge is 0.316 e. The number of esters is 1. The molecule has 1 fully saturated rings. The first kappa shape index (κ1) is 13.0. The fourth-order valence-electron chi connectivity index (χ4n) is 2.66. The summed E-state index contributed by atoms with van der Waals surface area (Å²) in [5.74, 6) is -0.111. The summed E-state index contributed by atoms with van der Waals surface area (Å²) in [6.45, 7) is 0. The highest BCUT2D eigenvalue weighted by molar-refractivity contribution is 6.32. The second-order valence-corrected chi connectivity index (χ2v) is 5.52. The van der Waals surface area contributed by atoms with Crippen LogP contribution in [0.15, 0.2) is 48.5 Å². The minimum Gasteiger partial charge on any atom is -0.468 e. The van der Waals surface area contributed by atoms with Gasteiger partial charge in [-0.2, -0.15) is 0 Å². The first-order valence-corrected chi connectivity index (χ1v) is 6.92. The summed E-state index contributed by atoms with van der Waals surface area (Å²) in [6, 6.07) is 16.7. The fourth-order valence-corrected chi connectivity index (χ4v) is 2.66. The molecule has 2 nitrogen and oxygen atoms in total. The molecule has 1 saturated carbocycles. The van der Waals surface area contributed by atoms with Crippen molar-refractivity contribution in [1.82, 2.24) is 0 Å². The zero-order chi connectivity index (χ0) is 14.2. The number of carbonyl (C=O) groups is 1. The average molecular weight is 264 g/mol. The third-order valence-corrected chi connectivity index (χ3v) is 4.15. The summed E-state index contributed by atoms with van der Waals surface area (Å²) in [5, 5.41) is 0. The number of hydrogen-bond donors (Lipinski definition) is 0. The Labute approximate surface area is 120 Å². The van der Waals surface area contributed by atoms with Crippen molar-refractivity contribution in [3.63, 3.8) is 0 Å². The molecular weight excluding hydrogens is 247 g/mol. The van der Waals surface area contributed by atoms with Crippen LogP contribution >= 0.6 is 0 Å². The predicted octanol–water partition coefficient (Wildman–Crippen LogP) is 1.82. The SMILES string of the molecule is Bc1ccc(-c2ccc(C3(C(=O)OC)CC3)cc2)cc1. The van der Waals surface area contributed by atoms with Crippen LogP contribution in [0.4, 0.5) is 0 Å². The van der Waals surface area contributed by atoms with Crippen LogP contribution in [0, 0.1) is 0 Å². The monoisotopic (exact) mass is 264 g/mol. The van der Waals surface area contributed by atoms with Crippen molar-refractivity contribution in [2.45, 2.75) is 18.3 Å². The summed E-state index contributed by atoms with van der Waals surface area (Å²) >= 11 is 0. The Kier molecular flexibility index (Phi) is 3.13. The molecule has 0 amide bonds. The molecule has 0 atom stereocenters. The van der Waals surface area contributed by atoms with Gasteiger partial charge in [-0.05, 0) is 29.5 Å². The fraction of sp³-hybridized carbons (Fsp3) is 0.235. The van der Waals surface area contributed by atoms with Gasteiger partial charge in [0.15, 0.2) is 0 Å². The van der Waals surface area contributed by atoms with Crippen LogP contribution in [0.25, 0.3) is 11.1 Å². The minimum atomic E-state index is -0.374. The Morgan fingerprint density at radius 3 is 1.95 bits per heavy atom. The molecule has 2 aromatic carbocycles. The van der Waals surface area contributed by atoms with E-state index < -0.39 is 0 Å². The maximum absolute atomic E-state index is 11.9. The van der Waals surface area contributed by atoms with Gasteiger partial charge in [0, 0.05) is 0 Å². The maximum atomic E-state index is 11.9. The molecule has 20 heavy (non-hydrogen) atoms. The van der Waals surface area contributed by atoms with Crippen molar-refractivity contribution >= 4 is 19.3 Å². The molecule has 0 aromatic heterocycles. The van der Waals surface area contributed by atoms with Crippen LogP contribution < -0.4 is 5.46 Å². The van der Waals surface area contributed by atoms with Gasteiger partial charge in [-0.3, -0.25) is 4.79 Å². The van der Waals surface area contributed by atoms with Gasteiger partial charge in [-0.15, -0.1) is 0 Å². The van der Waals surface area contributed by atoms with Gasteiger partial charge in [0.05, 0.1) is 12.5 Å². The van der Waals surface area contributed by atoms with Crippen molar-refractivity contribution in [1.29, 1.82) is 0 Å². The normalized spacial score (nSPS) is 15.7. The van der Waals surface area contributed by atoms with Crippen LogP contribution in [0.5, 0.6) is 0 Å². The van der Waals surface area contributed by atoms with E-state index in [0.717, 1.165) is 18.4 Å². The third-order valence-electron chi connectivity index (χ3n) is 4.15. The Morgan fingerprint density at radius 1 is 1.00 bits per heavy atom. The second kappa shape index (κ2) is 4.82. The molecule has 2 aromatic rings. The van der Waals surface area contributed by atoms with Gasteiger partial charge in [-0.1, -0.05) is 54.0 Å². The molecule has 1 aliphatic carbocycles. The van der Waals surface area contributed by atoms with Crippen LogP contribution in [-0.4, -0.2) is 20.9 Å². The molecular formula is C17H17BO2. The lowest BCUT2D eigenvalue weighted by Crippen LogP contribution is -2.21. The van der Waals surface area contributed by atoms with E-state index in [-0.39, 0.29) is 11.4 Å². The lowest BCUT2D eigenvalue weighted by molar-refractivity contribution is -0.143. The van der Waals surface area contributed by atoms with Gasteiger partial charge in [0.1, 0.15) is 7.85 Å². The van der Waals surface area contributed by atoms with Gasteiger partial charge >= 0.3 is 5.97 Å². The molecule has 0 unspecified atom stereocenters. The summed E-state index contributed by atoms with van der Waals surface area (Å²) < 4.78 is 4.92. The van der Waals surface area contributed by atoms with Crippen LogP contribution in [0.2, 0.25) is 0 Å². The van der Waals surface area contributed by atoms with Crippen LogP contribution in [0.3, 0.4) is 0 Å². The van der Waals surface area contributed by atoms with Crippen molar-refractivity contribution in [2.75, 3.05) is 7.11 Å². The number of hydrogen-bond acceptors (Lipinski definition) is 2. The zero-order valence-electron chi connectivity index (χ0n) is 11.8. The van der Waals surface area contributed by atoms with Gasteiger partial charge in [-0.25, -0.2) is 0 Å². The quantitative estimate of drug-likeness (QED) is 0.624. The first-order chi connectivity index (χ1) is 9.65. The molecule has 0 N–H and O–H groups in total. The van der Waals surface area contributed by atoms with Crippen LogP contribution in [0.1, 0.15) is 18.4 Å². The summed E-state index contributed by atoms with van der Waals surface area (Å²) in [5.41, 5.74) is 4.33. The number of methoxy groups -OCH3 is 1. The van der Waals surface area contributed by atoms with Crippen LogP contribution in [-0.2, 0) is 14.9 Å². The van der Waals surface area contributed by atoms with Crippen molar-refractivity contribution in [3.8, 4) is 11.1 Å². The molecule has 3 rings (SSSR count). The lowest BCUT2D eigenvalue weighted by Gasteiger charge is -2.13. The van der Waals surface area contributed by atoms with E-state index >= 15 is 0 Å². The van der Waals surface area contributed by atoms with E-state index in [2.05, 4.69) is 56.4 Å². The minimum absolute atomic E-state index is 0.111. The molecule has 3 heteroatoms.